The second-order valence-corrected chi connectivity index (χ2v) is 3.92. The van der Waals surface area contributed by atoms with E-state index in [9.17, 15) is 4.79 Å². The van der Waals surface area contributed by atoms with Gasteiger partial charge in [0, 0.05) is 0 Å². The van der Waals surface area contributed by atoms with E-state index < -0.39 is 12.5 Å². The van der Waals surface area contributed by atoms with Crippen LogP contribution in [0.5, 0.6) is 0 Å². The summed E-state index contributed by atoms with van der Waals surface area (Å²) in [6.07, 6.45) is 8.82. The molecule has 2 atom stereocenters. The predicted octanol–water partition coefficient (Wildman–Crippen LogP) is 1.92. The lowest BCUT2D eigenvalue weighted by Crippen LogP contribution is -2.38. The van der Waals surface area contributed by atoms with Crippen molar-refractivity contribution >= 4 is 6.03 Å². The minimum atomic E-state index is -0.409. The van der Waals surface area contributed by atoms with E-state index in [1.807, 2.05) is 38.2 Å². The van der Waals surface area contributed by atoms with E-state index in [2.05, 4.69) is 10.6 Å². The molecule has 5 nitrogen and oxygen atoms in total. The molecule has 18 heavy (non-hydrogen) atoms. The molecule has 0 aromatic rings. The standard InChI is InChI=1S/C13H22N2O3/c1-3-5-7-9-17-11-12(15-13(16)14-11)18-10-8-6-4-2/h3-6,11-12H,7-10H2,1-2H3,(H2,14,15,16)/b5-3+,6-4+. The summed E-state index contributed by atoms with van der Waals surface area (Å²) in [5.74, 6) is 0. The Hall–Kier alpha value is -1.33. The molecule has 0 saturated carbocycles. The molecule has 0 spiro atoms. The van der Waals surface area contributed by atoms with Crippen molar-refractivity contribution in [1.82, 2.24) is 10.6 Å². The molecule has 2 unspecified atom stereocenters. The molecule has 2 amide bonds. The zero-order valence-electron chi connectivity index (χ0n) is 11.0. The largest absolute Gasteiger partial charge is 0.353 e. The van der Waals surface area contributed by atoms with Crippen LogP contribution < -0.4 is 10.6 Å². The van der Waals surface area contributed by atoms with Crippen LogP contribution in [0.4, 0.5) is 4.79 Å². The third-order valence-electron chi connectivity index (χ3n) is 2.46. The van der Waals surface area contributed by atoms with Gasteiger partial charge in [0.05, 0.1) is 13.2 Å². The molecular formula is C13H22N2O3. The van der Waals surface area contributed by atoms with Crippen molar-refractivity contribution < 1.29 is 14.3 Å². The summed E-state index contributed by atoms with van der Waals surface area (Å²) in [5, 5.41) is 5.36. The van der Waals surface area contributed by atoms with Gasteiger partial charge in [0.15, 0.2) is 12.5 Å². The van der Waals surface area contributed by atoms with Crippen molar-refractivity contribution in [2.75, 3.05) is 13.2 Å². The summed E-state index contributed by atoms with van der Waals surface area (Å²) in [6, 6.07) is -0.248. The Morgan fingerprint density at radius 1 is 1.00 bits per heavy atom. The molecule has 1 aliphatic rings. The maximum absolute atomic E-state index is 11.2. The summed E-state index contributed by atoms with van der Waals surface area (Å²) >= 11 is 0. The summed E-state index contributed by atoms with van der Waals surface area (Å²) in [4.78, 5) is 11.2. The second-order valence-electron chi connectivity index (χ2n) is 3.92. The molecule has 1 fully saturated rings. The first-order valence-corrected chi connectivity index (χ1v) is 6.30. The molecular weight excluding hydrogens is 232 g/mol. The number of carbonyl (C=O) groups is 1. The highest BCUT2D eigenvalue weighted by Gasteiger charge is 2.32. The lowest BCUT2D eigenvalue weighted by Gasteiger charge is -2.18. The molecule has 0 aromatic heterocycles. The smallest absolute Gasteiger partial charge is 0.319 e. The van der Waals surface area contributed by atoms with Crippen LogP contribution in [0.2, 0.25) is 0 Å². The highest BCUT2D eigenvalue weighted by molar-refractivity contribution is 5.76. The maximum Gasteiger partial charge on any atom is 0.319 e. The predicted molar refractivity (Wildman–Crippen MR) is 70.0 cm³/mol. The maximum atomic E-state index is 11.2. The van der Waals surface area contributed by atoms with Crippen LogP contribution in [0.1, 0.15) is 26.7 Å². The third-order valence-corrected chi connectivity index (χ3v) is 2.46. The SMILES string of the molecule is C/C=C/CCOC1NC(=O)NC1OCC/C=C/C. The van der Waals surface area contributed by atoms with Crippen molar-refractivity contribution in [3.63, 3.8) is 0 Å². The van der Waals surface area contributed by atoms with E-state index in [1.54, 1.807) is 0 Å². The summed E-state index contributed by atoms with van der Waals surface area (Å²) in [7, 11) is 0. The Kier molecular flexibility index (Phi) is 7.13. The number of urea groups is 1. The average molecular weight is 254 g/mol. The van der Waals surface area contributed by atoms with Crippen LogP contribution in [0.15, 0.2) is 24.3 Å². The molecule has 1 aliphatic heterocycles. The summed E-state index contributed by atoms with van der Waals surface area (Å²) < 4.78 is 11.1. The Labute approximate surface area is 108 Å². The van der Waals surface area contributed by atoms with Crippen molar-refractivity contribution in [1.29, 1.82) is 0 Å². The minimum Gasteiger partial charge on any atom is -0.353 e. The number of amides is 2. The van der Waals surface area contributed by atoms with Gasteiger partial charge in [-0.05, 0) is 26.7 Å². The fraction of sp³-hybridized carbons (Fsp3) is 0.615. The molecule has 0 aliphatic carbocycles. The van der Waals surface area contributed by atoms with Crippen molar-refractivity contribution in [2.45, 2.75) is 39.1 Å². The highest BCUT2D eigenvalue weighted by Crippen LogP contribution is 2.06. The Morgan fingerprint density at radius 3 is 1.83 bits per heavy atom. The monoisotopic (exact) mass is 254 g/mol. The minimum absolute atomic E-state index is 0.248. The van der Waals surface area contributed by atoms with Crippen LogP contribution in [-0.2, 0) is 9.47 Å². The fourth-order valence-corrected chi connectivity index (χ4v) is 1.57. The molecule has 0 bridgehead atoms. The molecule has 5 heteroatoms. The van der Waals surface area contributed by atoms with Gasteiger partial charge in [-0.3, -0.25) is 0 Å². The van der Waals surface area contributed by atoms with Gasteiger partial charge in [-0.15, -0.1) is 0 Å². The van der Waals surface area contributed by atoms with Crippen LogP contribution in [-0.4, -0.2) is 31.7 Å². The normalized spacial score (nSPS) is 23.8. The summed E-state index contributed by atoms with van der Waals surface area (Å²) in [6.45, 7) is 5.05. The lowest BCUT2D eigenvalue weighted by atomic mass is 10.4. The van der Waals surface area contributed by atoms with Gasteiger partial charge in [-0.1, -0.05) is 24.3 Å². The zero-order valence-corrected chi connectivity index (χ0v) is 11.0. The number of carbonyl (C=O) groups excluding carboxylic acids is 1. The zero-order chi connectivity index (χ0) is 13.2. The van der Waals surface area contributed by atoms with E-state index in [0.717, 1.165) is 12.8 Å². The first kappa shape index (κ1) is 14.7. The molecule has 1 rings (SSSR count). The van der Waals surface area contributed by atoms with Gasteiger partial charge < -0.3 is 20.1 Å². The number of allylic oxidation sites excluding steroid dienone is 2. The quantitative estimate of drug-likeness (QED) is 0.514. The molecule has 2 N–H and O–H groups in total. The topological polar surface area (TPSA) is 59.6 Å². The van der Waals surface area contributed by atoms with Crippen LogP contribution in [0.3, 0.4) is 0 Å². The third kappa shape index (κ3) is 5.33. The number of hydrogen-bond donors (Lipinski definition) is 2. The van der Waals surface area contributed by atoms with Crippen LogP contribution in [0, 0.1) is 0 Å². The van der Waals surface area contributed by atoms with E-state index in [-0.39, 0.29) is 6.03 Å². The van der Waals surface area contributed by atoms with Crippen LogP contribution >= 0.6 is 0 Å². The molecule has 1 saturated heterocycles. The number of ether oxygens (including phenoxy) is 2. The molecule has 102 valence electrons. The van der Waals surface area contributed by atoms with Gasteiger partial charge >= 0.3 is 6.03 Å². The average Bonchev–Trinajstić information content (AvgIpc) is 2.71. The van der Waals surface area contributed by atoms with Gasteiger partial charge in [0.25, 0.3) is 0 Å². The van der Waals surface area contributed by atoms with Crippen molar-refractivity contribution in [3.8, 4) is 0 Å². The first-order chi connectivity index (χ1) is 8.77. The molecule has 0 aromatic carbocycles. The Morgan fingerprint density at radius 2 is 1.44 bits per heavy atom. The van der Waals surface area contributed by atoms with E-state index in [4.69, 9.17) is 9.47 Å². The molecule has 1 heterocycles. The van der Waals surface area contributed by atoms with Crippen LogP contribution in [0.25, 0.3) is 0 Å². The fourth-order valence-electron chi connectivity index (χ4n) is 1.57. The van der Waals surface area contributed by atoms with Gasteiger partial charge in [0.1, 0.15) is 0 Å². The second kappa shape index (κ2) is 8.72. The van der Waals surface area contributed by atoms with Crippen molar-refractivity contribution in [3.05, 3.63) is 24.3 Å². The summed E-state index contributed by atoms with van der Waals surface area (Å²) in [5.41, 5.74) is 0. The van der Waals surface area contributed by atoms with Gasteiger partial charge in [-0.2, -0.15) is 0 Å². The van der Waals surface area contributed by atoms with E-state index in [1.165, 1.54) is 0 Å². The lowest BCUT2D eigenvalue weighted by molar-refractivity contribution is -0.0703. The molecule has 0 radical (unpaired) electrons. The van der Waals surface area contributed by atoms with E-state index >= 15 is 0 Å². The highest BCUT2D eigenvalue weighted by atomic mass is 16.6. The Bertz CT molecular complexity index is 275. The van der Waals surface area contributed by atoms with E-state index in [0.29, 0.717) is 13.2 Å². The van der Waals surface area contributed by atoms with Gasteiger partial charge in [0.2, 0.25) is 0 Å². The van der Waals surface area contributed by atoms with Gasteiger partial charge in [-0.25, -0.2) is 4.79 Å². The van der Waals surface area contributed by atoms with Crippen molar-refractivity contribution in [2.24, 2.45) is 0 Å². The first-order valence-electron chi connectivity index (χ1n) is 6.30. The Balaban J connectivity index is 2.27. The number of hydrogen-bond acceptors (Lipinski definition) is 3. The number of rotatable bonds is 8. The number of nitrogens with one attached hydrogen (secondary N) is 2.